The van der Waals surface area contributed by atoms with E-state index in [1.807, 2.05) is 17.5 Å². The van der Waals surface area contributed by atoms with Crippen molar-refractivity contribution < 1.29 is 4.79 Å². The number of thiophene rings is 1. The van der Waals surface area contributed by atoms with E-state index in [9.17, 15) is 14.4 Å². The lowest BCUT2D eigenvalue weighted by atomic mass is 10.3. The lowest BCUT2D eigenvalue weighted by Crippen LogP contribution is -2.39. The van der Waals surface area contributed by atoms with E-state index in [2.05, 4.69) is 15.5 Å². The molecule has 1 unspecified atom stereocenters. The summed E-state index contributed by atoms with van der Waals surface area (Å²) >= 11 is 1.51. The van der Waals surface area contributed by atoms with E-state index in [0.717, 1.165) is 9.56 Å². The van der Waals surface area contributed by atoms with E-state index in [4.69, 9.17) is 0 Å². The Balaban J connectivity index is 1.68. The van der Waals surface area contributed by atoms with E-state index >= 15 is 0 Å². The van der Waals surface area contributed by atoms with Crippen LogP contribution in [-0.4, -0.2) is 32.0 Å². The number of carbonyl (C=O) groups excluding carboxylic acids is 1. The normalized spacial score (nSPS) is 11.9. The van der Waals surface area contributed by atoms with E-state index in [1.165, 1.54) is 34.3 Å². The molecule has 1 N–H and O–H groups in total. The van der Waals surface area contributed by atoms with Gasteiger partial charge in [-0.3, -0.25) is 14.4 Å². The van der Waals surface area contributed by atoms with Gasteiger partial charge in [-0.05, 0) is 30.5 Å². The molecule has 0 aliphatic carbocycles. The second-order valence-corrected chi connectivity index (χ2v) is 6.48. The number of carbonyl (C=O) groups is 1. The first-order valence-corrected chi connectivity index (χ1v) is 8.88. The summed E-state index contributed by atoms with van der Waals surface area (Å²) in [5, 5.41) is 12.8. The molecule has 134 valence electrons. The number of nitrogens with zero attached hydrogens (tertiary/aromatic N) is 4. The molecule has 0 aliphatic rings. The molecule has 0 radical (unpaired) electrons. The van der Waals surface area contributed by atoms with Gasteiger partial charge in [0.15, 0.2) is 0 Å². The van der Waals surface area contributed by atoms with Crippen molar-refractivity contribution in [1.82, 2.24) is 24.9 Å². The van der Waals surface area contributed by atoms with Crippen molar-refractivity contribution in [2.24, 2.45) is 0 Å². The molecule has 0 aliphatic heterocycles. The van der Waals surface area contributed by atoms with Gasteiger partial charge in [0.2, 0.25) is 5.91 Å². The molecule has 0 saturated carbocycles. The molecule has 8 nitrogen and oxygen atoms in total. The molecule has 26 heavy (non-hydrogen) atoms. The topological polar surface area (TPSA) is 98.9 Å². The third-order valence-electron chi connectivity index (χ3n) is 3.75. The van der Waals surface area contributed by atoms with Crippen molar-refractivity contribution in [2.75, 3.05) is 6.54 Å². The number of hydrogen-bond acceptors (Lipinski definition) is 6. The first kappa shape index (κ1) is 17.7. The van der Waals surface area contributed by atoms with Gasteiger partial charge in [-0.2, -0.15) is 10.2 Å². The van der Waals surface area contributed by atoms with Gasteiger partial charge in [-0.1, -0.05) is 6.07 Å². The number of amides is 1. The van der Waals surface area contributed by atoms with Crippen LogP contribution < -0.4 is 16.4 Å². The van der Waals surface area contributed by atoms with E-state index in [0.29, 0.717) is 5.69 Å². The summed E-state index contributed by atoms with van der Waals surface area (Å²) < 4.78 is 2.42. The third-order valence-corrected chi connectivity index (χ3v) is 4.65. The maximum absolute atomic E-state index is 12.4. The standard InChI is InChI=1S/C17H17N5O3S/c1-12(17(25)18-9-10-21-15(23)5-2-8-19-21)22-16(24)7-6-13(20-22)14-4-3-11-26-14/h2-8,11-12H,9-10H2,1H3,(H,18,25). The molecular weight excluding hydrogens is 354 g/mol. The lowest BCUT2D eigenvalue weighted by Gasteiger charge is -2.14. The highest BCUT2D eigenvalue weighted by Crippen LogP contribution is 2.21. The Labute approximate surface area is 152 Å². The van der Waals surface area contributed by atoms with Crippen LogP contribution in [0.15, 0.2) is 57.6 Å². The van der Waals surface area contributed by atoms with Crippen molar-refractivity contribution in [3.63, 3.8) is 0 Å². The predicted molar refractivity (Wildman–Crippen MR) is 98.0 cm³/mol. The fourth-order valence-electron chi connectivity index (χ4n) is 2.36. The van der Waals surface area contributed by atoms with Gasteiger partial charge in [0.1, 0.15) is 11.7 Å². The van der Waals surface area contributed by atoms with Gasteiger partial charge >= 0.3 is 0 Å². The second kappa shape index (κ2) is 7.87. The summed E-state index contributed by atoms with van der Waals surface area (Å²) in [7, 11) is 0. The van der Waals surface area contributed by atoms with E-state index in [-0.39, 0.29) is 30.1 Å². The van der Waals surface area contributed by atoms with Gasteiger partial charge in [0.25, 0.3) is 11.1 Å². The van der Waals surface area contributed by atoms with Crippen molar-refractivity contribution in [1.29, 1.82) is 0 Å². The zero-order valence-electron chi connectivity index (χ0n) is 14.0. The summed E-state index contributed by atoms with van der Waals surface area (Å²) in [6, 6.07) is 9.02. The van der Waals surface area contributed by atoms with Crippen LogP contribution >= 0.6 is 11.3 Å². The molecule has 1 amide bonds. The molecule has 3 aromatic heterocycles. The quantitative estimate of drug-likeness (QED) is 0.694. The minimum Gasteiger partial charge on any atom is -0.352 e. The van der Waals surface area contributed by atoms with E-state index in [1.54, 1.807) is 19.1 Å². The fourth-order valence-corrected chi connectivity index (χ4v) is 3.05. The molecule has 0 spiro atoms. The molecule has 1 atom stereocenters. The first-order chi connectivity index (χ1) is 12.6. The second-order valence-electron chi connectivity index (χ2n) is 5.53. The Bertz CT molecular complexity index is 1010. The number of aromatic nitrogens is 4. The molecule has 9 heteroatoms. The number of rotatable bonds is 6. The van der Waals surface area contributed by atoms with Crippen LogP contribution in [0.3, 0.4) is 0 Å². The minimum absolute atomic E-state index is 0.222. The lowest BCUT2D eigenvalue weighted by molar-refractivity contribution is -0.124. The Hall–Kier alpha value is -3.07. The molecule has 0 saturated heterocycles. The predicted octanol–water partition coefficient (Wildman–Crippen LogP) is 0.906. The molecule has 3 aromatic rings. The summed E-state index contributed by atoms with van der Waals surface area (Å²) in [5.74, 6) is -0.355. The maximum atomic E-state index is 12.4. The number of nitrogens with one attached hydrogen (secondary N) is 1. The van der Waals surface area contributed by atoms with Crippen LogP contribution in [0.1, 0.15) is 13.0 Å². The van der Waals surface area contributed by atoms with Gasteiger partial charge < -0.3 is 5.32 Å². The van der Waals surface area contributed by atoms with Gasteiger partial charge in [0, 0.05) is 24.9 Å². The average Bonchev–Trinajstić information content (AvgIpc) is 3.18. The van der Waals surface area contributed by atoms with Crippen molar-refractivity contribution >= 4 is 17.2 Å². The Morgan fingerprint density at radius 2 is 2.04 bits per heavy atom. The zero-order chi connectivity index (χ0) is 18.5. The number of hydrogen-bond donors (Lipinski definition) is 1. The van der Waals surface area contributed by atoms with Crippen LogP contribution in [0.25, 0.3) is 10.6 Å². The highest BCUT2D eigenvalue weighted by molar-refractivity contribution is 7.13. The summed E-state index contributed by atoms with van der Waals surface area (Å²) in [4.78, 5) is 36.9. The van der Waals surface area contributed by atoms with Crippen molar-refractivity contribution in [3.8, 4) is 10.6 Å². The highest BCUT2D eigenvalue weighted by atomic mass is 32.1. The minimum atomic E-state index is -0.775. The van der Waals surface area contributed by atoms with Crippen LogP contribution in [-0.2, 0) is 11.3 Å². The van der Waals surface area contributed by atoms with E-state index < -0.39 is 6.04 Å². The van der Waals surface area contributed by atoms with Crippen molar-refractivity contribution in [3.05, 3.63) is 68.7 Å². The third kappa shape index (κ3) is 3.94. The van der Waals surface area contributed by atoms with Crippen molar-refractivity contribution in [2.45, 2.75) is 19.5 Å². The average molecular weight is 371 g/mol. The molecule has 3 heterocycles. The summed E-state index contributed by atoms with van der Waals surface area (Å²) in [6.45, 7) is 2.07. The fraction of sp³-hybridized carbons (Fsp3) is 0.235. The van der Waals surface area contributed by atoms with Gasteiger partial charge in [0.05, 0.1) is 11.4 Å². The monoisotopic (exact) mass is 371 g/mol. The highest BCUT2D eigenvalue weighted by Gasteiger charge is 2.18. The Morgan fingerprint density at radius 1 is 1.19 bits per heavy atom. The van der Waals surface area contributed by atoms with Crippen LogP contribution in [0.5, 0.6) is 0 Å². The summed E-state index contributed by atoms with van der Waals surface area (Å²) in [6.07, 6.45) is 1.51. The first-order valence-electron chi connectivity index (χ1n) is 8.00. The van der Waals surface area contributed by atoms with Gasteiger partial charge in [-0.15, -0.1) is 11.3 Å². The van der Waals surface area contributed by atoms with Crippen LogP contribution in [0.2, 0.25) is 0 Å². The molecule has 0 aromatic carbocycles. The molecule has 3 rings (SSSR count). The maximum Gasteiger partial charge on any atom is 0.267 e. The summed E-state index contributed by atoms with van der Waals surface area (Å²) in [5.41, 5.74) is 0.0459. The largest absolute Gasteiger partial charge is 0.352 e. The Kier molecular flexibility index (Phi) is 5.37. The van der Waals surface area contributed by atoms with Crippen LogP contribution in [0, 0.1) is 0 Å². The van der Waals surface area contributed by atoms with Crippen LogP contribution in [0.4, 0.5) is 0 Å². The Morgan fingerprint density at radius 3 is 2.77 bits per heavy atom. The zero-order valence-corrected chi connectivity index (χ0v) is 14.8. The SMILES string of the molecule is CC(C(=O)NCCn1ncccc1=O)n1nc(-c2cccs2)ccc1=O. The smallest absolute Gasteiger partial charge is 0.267 e. The molecule has 0 bridgehead atoms. The molecular formula is C17H17N5O3S. The van der Waals surface area contributed by atoms with Gasteiger partial charge in [-0.25, -0.2) is 9.36 Å². The molecule has 0 fully saturated rings.